The standard InChI is InChI=1S/C21H20BrN3O2/c22-15-6-3-5-14(11-15)18-9-4-10-25(18)20(26)13-24-12-17(21(23)27)16-7-1-2-8-19(16)24/h1-3,5-8,11-12,18H,4,9-10,13H2,(H2,23,27). The van der Waals surface area contributed by atoms with Crippen LogP contribution in [-0.2, 0) is 11.3 Å². The second-order valence-electron chi connectivity index (χ2n) is 6.85. The molecule has 0 saturated carbocycles. The molecule has 1 fully saturated rings. The molecule has 3 aromatic rings. The van der Waals surface area contributed by atoms with E-state index in [2.05, 4.69) is 28.1 Å². The lowest BCUT2D eigenvalue weighted by Crippen LogP contribution is -2.33. The Labute approximate surface area is 165 Å². The number of nitrogens with zero attached hydrogens (tertiary/aromatic N) is 2. The topological polar surface area (TPSA) is 68.3 Å². The molecule has 2 aromatic carbocycles. The molecule has 1 saturated heterocycles. The van der Waals surface area contributed by atoms with Gasteiger partial charge in [0.2, 0.25) is 5.91 Å². The fourth-order valence-corrected chi connectivity index (χ4v) is 4.35. The average molecular weight is 426 g/mol. The summed E-state index contributed by atoms with van der Waals surface area (Å²) in [4.78, 5) is 26.8. The summed E-state index contributed by atoms with van der Waals surface area (Å²) >= 11 is 3.51. The zero-order valence-corrected chi connectivity index (χ0v) is 16.4. The minimum Gasteiger partial charge on any atom is -0.366 e. The van der Waals surface area contributed by atoms with Crippen molar-refractivity contribution in [1.82, 2.24) is 9.47 Å². The monoisotopic (exact) mass is 425 g/mol. The predicted octanol–water partition coefficient (Wildman–Crippen LogP) is 3.87. The maximum Gasteiger partial charge on any atom is 0.250 e. The maximum absolute atomic E-state index is 13.1. The molecule has 2 N–H and O–H groups in total. The van der Waals surface area contributed by atoms with Crippen LogP contribution in [0.4, 0.5) is 0 Å². The van der Waals surface area contributed by atoms with E-state index in [1.807, 2.05) is 45.9 Å². The number of para-hydroxylation sites is 1. The fourth-order valence-electron chi connectivity index (χ4n) is 3.94. The van der Waals surface area contributed by atoms with Crippen LogP contribution in [0.3, 0.4) is 0 Å². The summed E-state index contributed by atoms with van der Waals surface area (Å²) in [5.41, 5.74) is 7.94. The number of carbonyl (C=O) groups excluding carboxylic acids is 2. The number of benzene rings is 2. The van der Waals surface area contributed by atoms with E-state index in [1.54, 1.807) is 6.20 Å². The first-order valence-corrected chi connectivity index (χ1v) is 9.76. The molecule has 0 spiro atoms. The first kappa shape index (κ1) is 17.8. The van der Waals surface area contributed by atoms with E-state index >= 15 is 0 Å². The van der Waals surface area contributed by atoms with Crippen molar-refractivity contribution in [2.75, 3.05) is 6.54 Å². The number of fused-ring (bicyclic) bond motifs is 1. The van der Waals surface area contributed by atoms with Crippen LogP contribution in [0.15, 0.2) is 59.2 Å². The van der Waals surface area contributed by atoms with Crippen LogP contribution < -0.4 is 5.73 Å². The van der Waals surface area contributed by atoms with Crippen molar-refractivity contribution in [3.05, 3.63) is 70.3 Å². The van der Waals surface area contributed by atoms with Crippen LogP contribution in [-0.4, -0.2) is 27.8 Å². The third kappa shape index (κ3) is 3.37. The van der Waals surface area contributed by atoms with E-state index in [1.165, 1.54) is 0 Å². The molecule has 1 atom stereocenters. The van der Waals surface area contributed by atoms with E-state index in [9.17, 15) is 9.59 Å². The SMILES string of the molecule is NC(=O)c1cn(CC(=O)N2CCCC2c2cccc(Br)c2)c2ccccc12. The first-order valence-electron chi connectivity index (χ1n) is 8.97. The number of likely N-dealkylation sites (tertiary alicyclic amines) is 1. The van der Waals surface area contributed by atoms with Crippen LogP contribution in [0, 0.1) is 0 Å². The number of nitrogens with two attached hydrogens (primary N) is 1. The number of aromatic nitrogens is 1. The number of carbonyl (C=O) groups is 2. The molecule has 1 aromatic heterocycles. The molecule has 0 radical (unpaired) electrons. The van der Waals surface area contributed by atoms with E-state index in [4.69, 9.17) is 5.73 Å². The van der Waals surface area contributed by atoms with Crippen molar-refractivity contribution in [3.63, 3.8) is 0 Å². The molecule has 0 aliphatic carbocycles. The Morgan fingerprint density at radius 1 is 1.15 bits per heavy atom. The Hall–Kier alpha value is -2.60. The highest BCUT2D eigenvalue weighted by Crippen LogP contribution is 2.33. The molecule has 1 aliphatic heterocycles. The van der Waals surface area contributed by atoms with Gasteiger partial charge in [-0.05, 0) is 36.6 Å². The van der Waals surface area contributed by atoms with Crippen LogP contribution in [0.25, 0.3) is 10.9 Å². The van der Waals surface area contributed by atoms with E-state index in [0.29, 0.717) is 5.56 Å². The molecule has 2 amide bonds. The summed E-state index contributed by atoms with van der Waals surface area (Å²) in [5.74, 6) is -0.431. The molecule has 138 valence electrons. The number of primary amides is 1. The lowest BCUT2D eigenvalue weighted by atomic mass is 10.0. The lowest BCUT2D eigenvalue weighted by molar-refractivity contribution is -0.132. The first-order chi connectivity index (χ1) is 13.0. The number of amides is 2. The van der Waals surface area contributed by atoms with Crippen molar-refractivity contribution < 1.29 is 9.59 Å². The lowest BCUT2D eigenvalue weighted by Gasteiger charge is -2.25. The van der Waals surface area contributed by atoms with Crippen LogP contribution in [0.5, 0.6) is 0 Å². The summed E-state index contributed by atoms with van der Waals surface area (Å²) < 4.78 is 2.84. The van der Waals surface area contributed by atoms with Crippen molar-refractivity contribution in [2.24, 2.45) is 5.73 Å². The molecule has 5 nitrogen and oxygen atoms in total. The van der Waals surface area contributed by atoms with Gasteiger partial charge in [0, 0.05) is 28.1 Å². The van der Waals surface area contributed by atoms with Crippen molar-refractivity contribution in [3.8, 4) is 0 Å². The molecule has 6 heteroatoms. The predicted molar refractivity (Wildman–Crippen MR) is 108 cm³/mol. The van der Waals surface area contributed by atoms with Gasteiger partial charge in [-0.1, -0.05) is 46.3 Å². The Bertz CT molecular complexity index is 1030. The van der Waals surface area contributed by atoms with Crippen LogP contribution in [0.2, 0.25) is 0 Å². The Morgan fingerprint density at radius 3 is 2.74 bits per heavy atom. The molecule has 1 aliphatic rings. The van der Waals surface area contributed by atoms with Gasteiger partial charge in [-0.3, -0.25) is 9.59 Å². The van der Waals surface area contributed by atoms with Crippen molar-refractivity contribution >= 4 is 38.6 Å². The summed E-state index contributed by atoms with van der Waals surface area (Å²) in [5, 5.41) is 0.780. The summed E-state index contributed by atoms with van der Waals surface area (Å²) in [6, 6.07) is 15.7. The number of halogens is 1. The van der Waals surface area contributed by atoms with Gasteiger partial charge in [-0.15, -0.1) is 0 Å². The number of hydrogen-bond acceptors (Lipinski definition) is 2. The number of rotatable bonds is 4. The second-order valence-corrected chi connectivity index (χ2v) is 7.77. The average Bonchev–Trinajstić information content (AvgIpc) is 3.27. The van der Waals surface area contributed by atoms with Gasteiger partial charge in [0.15, 0.2) is 0 Å². The van der Waals surface area contributed by atoms with Crippen molar-refractivity contribution in [2.45, 2.75) is 25.4 Å². The zero-order chi connectivity index (χ0) is 19.0. The van der Waals surface area contributed by atoms with Gasteiger partial charge >= 0.3 is 0 Å². The molecule has 2 heterocycles. The Kier molecular flexibility index (Phi) is 4.74. The molecular formula is C21H20BrN3O2. The van der Waals surface area contributed by atoms with Gasteiger partial charge in [-0.25, -0.2) is 0 Å². The summed E-state index contributed by atoms with van der Waals surface area (Å²) in [6.45, 7) is 0.941. The van der Waals surface area contributed by atoms with E-state index in [0.717, 1.165) is 40.3 Å². The number of hydrogen-bond donors (Lipinski definition) is 1. The fraction of sp³-hybridized carbons (Fsp3) is 0.238. The molecule has 4 rings (SSSR count). The summed E-state index contributed by atoms with van der Waals surface area (Å²) in [6.07, 6.45) is 3.64. The van der Waals surface area contributed by atoms with Gasteiger partial charge in [0.25, 0.3) is 5.91 Å². The smallest absolute Gasteiger partial charge is 0.250 e. The van der Waals surface area contributed by atoms with Crippen molar-refractivity contribution in [1.29, 1.82) is 0 Å². The van der Waals surface area contributed by atoms with Gasteiger partial charge in [-0.2, -0.15) is 0 Å². The Morgan fingerprint density at radius 2 is 1.96 bits per heavy atom. The molecule has 27 heavy (non-hydrogen) atoms. The maximum atomic E-state index is 13.1. The van der Waals surface area contributed by atoms with Gasteiger partial charge in [0.1, 0.15) is 6.54 Å². The highest BCUT2D eigenvalue weighted by atomic mass is 79.9. The second kappa shape index (κ2) is 7.19. The third-order valence-electron chi connectivity index (χ3n) is 5.17. The minimum absolute atomic E-state index is 0.0502. The molecule has 0 bridgehead atoms. The van der Waals surface area contributed by atoms with Crippen LogP contribution >= 0.6 is 15.9 Å². The Balaban J connectivity index is 1.62. The highest BCUT2D eigenvalue weighted by molar-refractivity contribution is 9.10. The van der Waals surface area contributed by atoms with E-state index < -0.39 is 5.91 Å². The quantitative estimate of drug-likeness (QED) is 0.689. The third-order valence-corrected chi connectivity index (χ3v) is 5.66. The van der Waals surface area contributed by atoms with Gasteiger partial charge < -0.3 is 15.2 Å². The van der Waals surface area contributed by atoms with E-state index in [-0.39, 0.29) is 18.5 Å². The molecular weight excluding hydrogens is 406 g/mol. The minimum atomic E-state index is -0.481. The highest BCUT2D eigenvalue weighted by Gasteiger charge is 2.30. The summed E-state index contributed by atoms with van der Waals surface area (Å²) in [7, 11) is 0. The normalized spacial score (nSPS) is 16.8. The largest absolute Gasteiger partial charge is 0.366 e. The zero-order valence-electron chi connectivity index (χ0n) is 14.8. The van der Waals surface area contributed by atoms with Gasteiger partial charge in [0.05, 0.1) is 11.6 Å². The molecule has 1 unspecified atom stereocenters. The van der Waals surface area contributed by atoms with Crippen LogP contribution in [0.1, 0.15) is 34.8 Å².